The van der Waals surface area contributed by atoms with Crippen molar-refractivity contribution in [2.75, 3.05) is 13.2 Å². The highest BCUT2D eigenvalue weighted by Crippen LogP contribution is 2.37. The lowest BCUT2D eigenvalue weighted by molar-refractivity contribution is -0.139. The molecule has 0 spiro atoms. The van der Waals surface area contributed by atoms with Gasteiger partial charge >= 0.3 is 5.97 Å². The molecule has 1 aliphatic carbocycles. The van der Waals surface area contributed by atoms with Crippen LogP contribution in [0.15, 0.2) is 30.3 Å². The normalized spacial score (nSPS) is 29.3. The second-order valence-electron chi connectivity index (χ2n) is 7.53. The molecule has 1 saturated heterocycles. The van der Waals surface area contributed by atoms with E-state index in [-0.39, 0.29) is 12.3 Å². The third-order valence-corrected chi connectivity index (χ3v) is 5.59. The molecule has 1 amide bonds. The van der Waals surface area contributed by atoms with Gasteiger partial charge in [0.1, 0.15) is 0 Å². The van der Waals surface area contributed by atoms with E-state index in [1.165, 1.54) is 5.56 Å². The van der Waals surface area contributed by atoms with Crippen molar-refractivity contribution in [3.63, 3.8) is 0 Å². The smallest absolute Gasteiger partial charge is 0.305 e. The Morgan fingerprint density at radius 3 is 2.48 bits per heavy atom. The lowest BCUT2D eigenvalue weighted by Crippen LogP contribution is -2.50. The van der Waals surface area contributed by atoms with E-state index in [2.05, 4.69) is 29.6 Å². The van der Waals surface area contributed by atoms with E-state index in [0.29, 0.717) is 37.9 Å². The predicted molar refractivity (Wildman–Crippen MR) is 94.3 cm³/mol. The molecule has 5 heteroatoms. The quantitative estimate of drug-likeness (QED) is 0.831. The third-order valence-electron chi connectivity index (χ3n) is 5.59. The first kappa shape index (κ1) is 17.9. The minimum Gasteiger partial charge on any atom is -0.481 e. The van der Waals surface area contributed by atoms with E-state index >= 15 is 0 Å². The number of carboxylic acid groups (broad SMARTS) is 1. The zero-order valence-electron chi connectivity index (χ0n) is 14.6. The topological polar surface area (TPSA) is 75.6 Å². The zero-order chi connectivity index (χ0) is 17.7. The first-order valence-electron chi connectivity index (χ1n) is 9.22. The highest BCUT2D eigenvalue weighted by molar-refractivity contribution is 5.78. The average Bonchev–Trinajstić information content (AvgIpc) is 3.03. The molecule has 1 atom stereocenters. The van der Waals surface area contributed by atoms with Crippen LogP contribution in [0.2, 0.25) is 0 Å². The van der Waals surface area contributed by atoms with Crippen LogP contribution in [-0.2, 0) is 14.3 Å². The molecule has 1 aromatic rings. The summed E-state index contributed by atoms with van der Waals surface area (Å²) < 4.78 is 5.34. The van der Waals surface area contributed by atoms with Gasteiger partial charge in [-0.3, -0.25) is 9.59 Å². The summed E-state index contributed by atoms with van der Waals surface area (Å²) in [6.45, 7) is 0.807. The van der Waals surface area contributed by atoms with Gasteiger partial charge in [-0.25, -0.2) is 0 Å². The van der Waals surface area contributed by atoms with Crippen LogP contribution in [0.3, 0.4) is 0 Å². The van der Waals surface area contributed by atoms with Crippen LogP contribution >= 0.6 is 0 Å². The SMILES string of the molecule is O=C(O)CC1(NC(=O)CC2CCC(c3ccccc3)CC2)CCOC1. The molecule has 1 heterocycles. The molecule has 2 aliphatic rings. The second kappa shape index (κ2) is 8.00. The van der Waals surface area contributed by atoms with Gasteiger partial charge in [0.25, 0.3) is 0 Å². The average molecular weight is 345 g/mol. The van der Waals surface area contributed by atoms with E-state index in [1.54, 1.807) is 0 Å². The number of rotatable bonds is 6. The van der Waals surface area contributed by atoms with Gasteiger partial charge in [-0.05, 0) is 49.5 Å². The summed E-state index contributed by atoms with van der Waals surface area (Å²) in [5.41, 5.74) is 0.679. The molecule has 0 bridgehead atoms. The largest absolute Gasteiger partial charge is 0.481 e. The van der Waals surface area contributed by atoms with Crippen molar-refractivity contribution in [1.82, 2.24) is 5.32 Å². The summed E-state index contributed by atoms with van der Waals surface area (Å²) in [5, 5.41) is 12.1. The Kier molecular flexibility index (Phi) is 5.74. The molecule has 1 saturated carbocycles. The number of nitrogens with one attached hydrogen (secondary N) is 1. The van der Waals surface area contributed by atoms with Crippen molar-refractivity contribution in [3.05, 3.63) is 35.9 Å². The first-order valence-corrected chi connectivity index (χ1v) is 9.22. The second-order valence-corrected chi connectivity index (χ2v) is 7.53. The van der Waals surface area contributed by atoms with Gasteiger partial charge < -0.3 is 15.2 Å². The van der Waals surface area contributed by atoms with E-state index in [1.807, 2.05) is 6.07 Å². The van der Waals surface area contributed by atoms with E-state index in [0.717, 1.165) is 25.7 Å². The number of carbonyl (C=O) groups excluding carboxylic acids is 1. The van der Waals surface area contributed by atoms with Crippen LogP contribution in [0, 0.1) is 5.92 Å². The maximum atomic E-state index is 12.4. The standard InChI is InChI=1S/C20H27NO4/c22-18(21-20(13-19(23)24)10-11-25-14-20)12-15-6-8-17(9-7-15)16-4-2-1-3-5-16/h1-5,15,17H,6-14H2,(H,21,22)(H,23,24). The predicted octanol–water partition coefficient (Wildman–Crippen LogP) is 3.10. The van der Waals surface area contributed by atoms with Gasteiger partial charge in [0.15, 0.2) is 0 Å². The fourth-order valence-corrected chi connectivity index (χ4v) is 4.21. The van der Waals surface area contributed by atoms with Crippen molar-refractivity contribution < 1.29 is 19.4 Å². The van der Waals surface area contributed by atoms with Crippen LogP contribution in [0.25, 0.3) is 0 Å². The molecule has 1 unspecified atom stereocenters. The molecule has 1 aliphatic heterocycles. The van der Waals surface area contributed by atoms with Gasteiger partial charge in [-0.15, -0.1) is 0 Å². The lowest BCUT2D eigenvalue weighted by atomic mass is 9.77. The van der Waals surface area contributed by atoms with Crippen LogP contribution in [-0.4, -0.2) is 35.7 Å². The first-order chi connectivity index (χ1) is 12.1. The van der Waals surface area contributed by atoms with E-state index in [4.69, 9.17) is 9.84 Å². The van der Waals surface area contributed by atoms with E-state index in [9.17, 15) is 9.59 Å². The van der Waals surface area contributed by atoms with Crippen LogP contribution in [0.4, 0.5) is 0 Å². The van der Waals surface area contributed by atoms with Crippen molar-refractivity contribution >= 4 is 11.9 Å². The lowest BCUT2D eigenvalue weighted by Gasteiger charge is -2.31. The summed E-state index contributed by atoms with van der Waals surface area (Å²) in [7, 11) is 0. The number of amides is 1. The highest BCUT2D eigenvalue weighted by Gasteiger charge is 2.39. The Balaban J connectivity index is 1.48. The minimum absolute atomic E-state index is 0.0325. The summed E-state index contributed by atoms with van der Waals surface area (Å²) in [5.74, 6) is 0.0651. The van der Waals surface area contributed by atoms with Crippen molar-refractivity contribution in [2.24, 2.45) is 5.92 Å². The maximum Gasteiger partial charge on any atom is 0.305 e. The molecule has 2 fully saturated rings. The molecule has 1 aromatic carbocycles. The summed E-state index contributed by atoms with van der Waals surface area (Å²) in [4.78, 5) is 23.5. The molecule has 5 nitrogen and oxygen atoms in total. The van der Waals surface area contributed by atoms with Gasteiger partial charge in [0, 0.05) is 13.0 Å². The number of hydrogen-bond acceptors (Lipinski definition) is 3. The highest BCUT2D eigenvalue weighted by atomic mass is 16.5. The number of benzene rings is 1. The van der Waals surface area contributed by atoms with Crippen molar-refractivity contribution in [3.8, 4) is 0 Å². The van der Waals surface area contributed by atoms with Crippen LogP contribution in [0.1, 0.15) is 56.4 Å². The van der Waals surface area contributed by atoms with Gasteiger partial charge in [-0.1, -0.05) is 30.3 Å². The number of carbonyl (C=O) groups is 2. The Bertz CT molecular complexity index is 587. The number of carboxylic acids is 1. The Morgan fingerprint density at radius 2 is 1.88 bits per heavy atom. The van der Waals surface area contributed by atoms with Gasteiger partial charge in [0.05, 0.1) is 18.6 Å². The Labute approximate surface area is 148 Å². The molecule has 3 rings (SSSR count). The van der Waals surface area contributed by atoms with Gasteiger partial charge in [0.2, 0.25) is 5.91 Å². The fourth-order valence-electron chi connectivity index (χ4n) is 4.21. The Morgan fingerprint density at radius 1 is 1.16 bits per heavy atom. The molecule has 2 N–H and O–H groups in total. The van der Waals surface area contributed by atoms with Crippen LogP contribution < -0.4 is 5.32 Å². The fraction of sp³-hybridized carbons (Fsp3) is 0.600. The van der Waals surface area contributed by atoms with Crippen molar-refractivity contribution in [2.45, 2.75) is 56.4 Å². The van der Waals surface area contributed by atoms with Crippen molar-refractivity contribution in [1.29, 1.82) is 0 Å². The monoisotopic (exact) mass is 345 g/mol. The molecule has 0 aromatic heterocycles. The number of aliphatic carboxylic acids is 1. The molecule has 25 heavy (non-hydrogen) atoms. The van der Waals surface area contributed by atoms with Crippen LogP contribution in [0.5, 0.6) is 0 Å². The molecular weight excluding hydrogens is 318 g/mol. The molecule has 0 radical (unpaired) electrons. The number of ether oxygens (including phenoxy) is 1. The molecular formula is C20H27NO4. The summed E-state index contributed by atoms with van der Waals surface area (Å²) >= 11 is 0. The summed E-state index contributed by atoms with van der Waals surface area (Å²) in [6.07, 6.45) is 5.33. The number of hydrogen-bond donors (Lipinski definition) is 2. The minimum atomic E-state index is -0.894. The third kappa shape index (κ3) is 4.82. The summed E-state index contributed by atoms with van der Waals surface area (Å²) in [6, 6.07) is 10.6. The maximum absolute atomic E-state index is 12.4. The molecule has 136 valence electrons. The van der Waals surface area contributed by atoms with Gasteiger partial charge in [-0.2, -0.15) is 0 Å². The zero-order valence-corrected chi connectivity index (χ0v) is 14.6. The van der Waals surface area contributed by atoms with E-state index < -0.39 is 11.5 Å². The Hall–Kier alpha value is -1.88.